The van der Waals surface area contributed by atoms with Crippen LogP contribution in [-0.4, -0.2) is 63.9 Å². The molecule has 236 valence electrons. The molecule has 1 aromatic carbocycles. The number of aliphatic imine (C=N–C) groups is 1. The fourth-order valence-corrected chi connectivity index (χ4v) is 7.05. The summed E-state index contributed by atoms with van der Waals surface area (Å²) in [5.74, 6) is -2.13. The Balaban J connectivity index is 1.88. The highest BCUT2D eigenvalue weighted by Crippen LogP contribution is 2.49. The molecule has 45 heavy (non-hydrogen) atoms. The van der Waals surface area contributed by atoms with E-state index in [1.54, 1.807) is 4.90 Å². The largest absolute Gasteiger partial charge is 0.506 e. The van der Waals surface area contributed by atoms with E-state index in [2.05, 4.69) is 12.6 Å². The molecule has 1 amide bonds. The summed E-state index contributed by atoms with van der Waals surface area (Å²) in [6, 6.07) is 3.10. The van der Waals surface area contributed by atoms with E-state index in [0.29, 0.717) is 50.2 Å². The van der Waals surface area contributed by atoms with Gasteiger partial charge in [-0.2, -0.15) is 5.26 Å². The molecule has 0 saturated carbocycles. The molecule has 14 heteroatoms. The molecule has 0 aliphatic carbocycles. The van der Waals surface area contributed by atoms with Gasteiger partial charge in [0.1, 0.15) is 28.1 Å². The maximum atomic E-state index is 14.6. The molecule has 2 aromatic heterocycles. The Kier molecular flexibility index (Phi) is 9.39. The van der Waals surface area contributed by atoms with E-state index in [1.165, 1.54) is 16.7 Å². The number of aromatic hydroxyl groups is 1. The maximum absolute atomic E-state index is 14.6. The number of anilines is 1. The van der Waals surface area contributed by atoms with Crippen LogP contribution in [-0.2, 0) is 4.79 Å². The van der Waals surface area contributed by atoms with Crippen molar-refractivity contribution < 1.29 is 14.3 Å². The number of rotatable bonds is 5. The van der Waals surface area contributed by atoms with E-state index >= 15 is 0 Å². The second kappa shape index (κ2) is 12.8. The first-order valence-corrected chi connectivity index (χ1v) is 15.8. The zero-order chi connectivity index (χ0) is 32.9. The monoisotopic (exact) mass is 692 g/mol. The van der Waals surface area contributed by atoms with Gasteiger partial charge in [0, 0.05) is 43.8 Å². The molecule has 1 saturated heterocycles. The van der Waals surface area contributed by atoms with E-state index in [0.717, 1.165) is 5.71 Å². The Morgan fingerprint density at radius 3 is 2.44 bits per heavy atom. The summed E-state index contributed by atoms with van der Waals surface area (Å²) < 4.78 is 16.0. The molecular formula is C31H29Cl4FN6O3. The van der Waals surface area contributed by atoms with Crippen LogP contribution in [0.25, 0.3) is 22.3 Å². The van der Waals surface area contributed by atoms with Gasteiger partial charge in [-0.1, -0.05) is 73.8 Å². The topological polar surface area (TPSA) is 115 Å². The minimum Gasteiger partial charge on any atom is -0.506 e. The summed E-state index contributed by atoms with van der Waals surface area (Å²) in [6.45, 7) is 11.4. The molecule has 1 unspecified atom stereocenters. The van der Waals surface area contributed by atoms with Crippen LogP contribution in [0.5, 0.6) is 5.75 Å². The van der Waals surface area contributed by atoms with E-state index in [-0.39, 0.29) is 50.3 Å². The van der Waals surface area contributed by atoms with Gasteiger partial charge in [0.2, 0.25) is 5.91 Å². The number of carbonyl (C=O) groups excluding carboxylic acids is 1. The number of phenolic OH excluding ortho intramolecular Hbond substituents is 1. The van der Waals surface area contributed by atoms with Crippen LogP contribution >= 0.6 is 46.4 Å². The molecule has 3 aromatic rings. The highest BCUT2D eigenvalue weighted by Gasteiger charge is 2.36. The van der Waals surface area contributed by atoms with Crippen LogP contribution in [0.15, 0.2) is 28.5 Å². The number of hydrogen-bond donors (Lipinski definition) is 1. The van der Waals surface area contributed by atoms with E-state index < -0.39 is 33.2 Å². The molecule has 1 fully saturated rings. The number of aromatic nitrogens is 2. The zero-order valence-electron chi connectivity index (χ0n) is 24.7. The van der Waals surface area contributed by atoms with Crippen molar-refractivity contribution in [3.05, 3.63) is 60.5 Å². The molecule has 0 bridgehead atoms. The van der Waals surface area contributed by atoms with Crippen LogP contribution in [0.4, 0.5) is 10.1 Å². The molecule has 0 radical (unpaired) electrons. The lowest BCUT2D eigenvalue weighted by Gasteiger charge is -2.38. The second-order valence-corrected chi connectivity index (χ2v) is 12.9. The number of amides is 1. The van der Waals surface area contributed by atoms with Crippen molar-refractivity contribution in [1.29, 1.82) is 5.26 Å². The van der Waals surface area contributed by atoms with Gasteiger partial charge in [0.25, 0.3) is 5.56 Å². The summed E-state index contributed by atoms with van der Waals surface area (Å²) in [7, 11) is 0. The third-order valence-corrected chi connectivity index (χ3v) is 9.83. The maximum Gasteiger partial charge on any atom is 0.272 e. The number of hydrogen-bond acceptors (Lipinski definition) is 7. The quantitative estimate of drug-likeness (QED) is 0.177. The van der Waals surface area contributed by atoms with E-state index in [4.69, 9.17) is 56.4 Å². The number of pyridine rings is 2. The van der Waals surface area contributed by atoms with Crippen molar-refractivity contribution in [3.8, 4) is 23.1 Å². The SMILES string of the molecule is C=CC(=O)N1CCN(c2c(C#N)c(=O)n(C3C(C(C)C)=NCC[C@H]3C)c3nc(-c4c(O)c(Cl)c(F)c(Cl)c4Cl)c(Cl)cc23)CC1. The first-order valence-electron chi connectivity index (χ1n) is 14.3. The van der Waals surface area contributed by atoms with Gasteiger partial charge in [-0.3, -0.25) is 19.1 Å². The van der Waals surface area contributed by atoms with Crippen LogP contribution < -0.4 is 10.5 Å². The number of nitrogens with zero attached hydrogens (tertiary/aromatic N) is 6. The first kappa shape index (κ1) is 33.0. The predicted molar refractivity (Wildman–Crippen MR) is 177 cm³/mol. The fraction of sp³-hybridized carbons (Fsp3) is 0.387. The van der Waals surface area contributed by atoms with Gasteiger partial charge >= 0.3 is 0 Å². The smallest absolute Gasteiger partial charge is 0.272 e. The molecular weight excluding hydrogens is 665 g/mol. The molecule has 1 N–H and O–H groups in total. The van der Waals surface area contributed by atoms with Gasteiger partial charge in [-0.05, 0) is 30.4 Å². The second-order valence-electron chi connectivity index (χ2n) is 11.4. The Morgan fingerprint density at radius 2 is 1.84 bits per heavy atom. The van der Waals surface area contributed by atoms with Crippen molar-refractivity contribution in [3.63, 3.8) is 0 Å². The van der Waals surface area contributed by atoms with Gasteiger partial charge in [0.15, 0.2) is 5.82 Å². The summed E-state index contributed by atoms with van der Waals surface area (Å²) in [6.07, 6.45) is 1.93. The Bertz CT molecular complexity index is 1850. The number of fused-ring (bicyclic) bond motifs is 1. The third-order valence-electron chi connectivity index (χ3n) is 8.37. The third kappa shape index (κ3) is 5.54. The average Bonchev–Trinajstić information content (AvgIpc) is 3.02. The molecule has 2 aliphatic heterocycles. The molecule has 4 heterocycles. The van der Waals surface area contributed by atoms with Gasteiger partial charge < -0.3 is 14.9 Å². The van der Waals surface area contributed by atoms with Crippen LogP contribution in [0.3, 0.4) is 0 Å². The number of phenols is 1. The summed E-state index contributed by atoms with van der Waals surface area (Å²) >= 11 is 25.4. The van der Waals surface area contributed by atoms with Crippen LogP contribution in [0, 0.1) is 29.0 Å². The van der Waals surface area contributed by atoms with Gasteiger partial charge in [-0.25, -0.2) is 9.37 Å². The number of benzene rings is 1. The average molecular weight is 694 g/mol. The van der Waals surface area contributed by atoms with Crippen molar-refractivity contribution in [2.45, 2.75) is 33.2 Å². The number of carbonyl (C=O) groups is 1. The minimum atomic E-state index is -1.11. The summed E-state index contributed by atoms with van der Waals surface area (Å²) in [5, 5.41) is 20.1. The van der Waals surface area contributed by atoms with Gasteiger partial charge in [0.05, 0.1) is 38.1 Å². The van der Waals surface area contributed by atoms with E-state index in [1.807, 2.05) is 25.7 Å². The van der Waals surface area contributed by atoms with Crippen LogP contribution in [0.1, 0.15) is 38.8 Å². The van der Waals surface area contributed by atoms with Crippen LogP contribution in [0.2, 0.25) is 20.1 Å². The normalized spacial score (nSPS) is 18.7. The first-order chi connectivity index (χ1) is 21.3. The van der Waals surface area contributed by atoms with Crippen molar-refractivity contribution in [2.75, 3.05) is 37.6 Å². The minimum absolute atomic E-state index is 0.0244. The molecule has 0 spiro atoms. The van der Waals surface area contributed by atoms with Crippen molar-refractivity contribution in [1.82, 2.24) is 14.5 Å². The van der Waals surface area contributed by atoms with Crippen molar-refractivity contribution in [2.24, 2.45) is 16.8 Å². The lowest BCUT2D eigenvalue weighted by Crippen LogP contribution is -2.49. The number of halogens is 5. The highest BCUT2D eigenvalue weighted by atomic mass is 35.5. The highest BCUT2D eigenvalue weighted by molar-refractivity contribution is 6.46. The zero-order valence-corrected chi connectivity index (χ0v) is 27.7. The Morgan fingerprint density at radius 1 is 1.18 bits per heavy atom. The van der Waals surface area contributed by atoms with Crippen molar-refractivity contribution >= 4 is 74.7 Å². The van der Waals surface area contributed by atoms with E-state index in [9.17, 15) is 24.3 Å². The molecule has 9 nitrogen and oxygen atoms in total. The molecule has 2 aliphatic rings. The van der Waals surface area contributed by atoms with Gasteiger partial charge in [-0.15, -0.1) is 0 Å². The lowest BCUT2D eigenvalue weighted by molar-refractivity contribution is -0.126. The predicted octanol–water partition coefficient (Wildman–Crippen LogP) is 6.91. The summed E-state index contributed by atoms with van der Waals surface area (Å²) in [5.41, 5.74) is 0.254. The number of nitriles is 1. The fourth-order valence-electron chi connectivity index (χ4n) is 6.12. The standard InChI is InChI=1S/C31H29Cl4FN6O3/c1-5-19(43)40-8-10-41(11-9-40)28-16-12-18(32)26(20-21(33)22(34)24(36)23(35)29(20)44)39-30(16)42(31(45)17(28)13-37)27-15(4)6-7-38-25(27)14(2)3/h5,12,14-15,27,44H,1,6-11H2,2-4H3/t15-,27?/m1/s1. The Labute approximate surface area is 279 Å². The molecule has 5 rings (SSSR count). The summed E-state index contributed by atoms with van der Waals surface area (Å²) in [4.78, 5) is 39.8. The molecule has 2 atom stereocenters. The Hall–Kier alpha value is -3.36. The lowest BCUT2D eigenvalue weighted by atomic mass is 9.85. The number of piperazine rings is 1.